The highest BCUT2D eigenvalue weighted by molar-refractivity contribution is 5.55. The third kappa shape index (κ3) is 2.07. The van der Waals surface area contributed by atoms with Crippen molar-refractivity contribution >= 4 is 0 Å². The van der Waals surface area contributed by atoms with Gasteiger partial charge in [-0.15, -0.1) is 0 Å². The largest absolute Gasteiger partial charge is 0.454 e. The van der Waals surface area contributed by atoms with E-state index in [0.717, 1.165) is 30.4 Å². The first-order valence-corrected chi connectivity index (χ1v) is 6.85. The molecule has 0 amide bonds. The molecule has 1 aromatic carbocycles. The Morgan fingerprint density at radius 3 is 3.00 bits per heavy atom. The molecule has 1 aromatic rings. The topological polar surface area (TPSA) is 30.5 Å². The van der Waals surface area contributed by atoms with E-state index < -0.39 is 0 Å². The molecule has 0 aromatic heterocycles. The van der Waals surface area contributed by atoms with Gasteiger partial charge in [0.1, 0.15) is 0 Å². The van der Waals surface area contributed by atoms with Gasteiger partial charge in [-0.1, -0.05) is 0 Å². The maximum Gasteiger partial charge on any atom is 0.231 e. The van der Waals surface area contributed by atoms with Crippen LogP contribution in [0, 0.1) is 19.8 Å². The second-order valence-corrected chi connectivity index (χ2v) is 5.45. The third-order valence-electron chi connectivity index (χ3n) is 4.20. The van der Waals surface area contributed by atoms with Crippen molar-refractivity contribution in [2.45, 2.75) is 33.1 Å². The maximum atomic E-state index is 5.66. The van der Waals surface area contributed by atoms with Gasteiger partial charge in [-0.2, -0.15) is 0 Å². The summed E-state index contributed by atoms with van der Waals surface area (Å²) in [5, 5.41) is 3.48. The smallest absolute Gasteiger partial charge is 0.231 e. The summed E-state index contributed by atoms with van der Waals surface area (Å²) < 4.78 is 11.2. The molecule has 1 unspecified atom stereocenters. The fourth-order valence-corrected chi connectivity index (χ4v) is 2.98. The molecule has 2 heterocycles. The molecular weight excluding hydrogens is 226 g/mol. The van der Waals surface area contributed by atoms with Crippen LogP contribution in [0.1, 0.15) is 29.5 Å². The number of benzene rings is 1. The van der Waals surface area contributed by atoms with Gasteiger partial charge in [0, 0.05) is 5.56 Å². The zero-order valence-corrected chi connectivity index (χ0v) is 11.2. The molecule has 2 aliphatic heterocycles. The van der Waals surface area contributed by atoms with Crippen molar-refractivity contribution in [3.8, 4) is 11.5 Å². The van der Waals surface area contributed by atoms with Crippen molar-refractivity contribution in [1.29, 1.82) is 0 Å². The molecule has 98 valence electrons. The number of fused-ring (bicyclic) bond motifs is 1. The average Bonchev–Trinajstić information content (AvgIpc) is 2.84. The Bertz CT molecular complexity index is 450. The van der Waals surface area contributed by atoms with Crippen LogP contribution in [0.2, 0.25) is 0 Å². The van der Waals surface area contributed by atoms with E-state index in [4.69, 9.17) is 9.47 Å². The van der Waals surface area contributed by atoms with Crippen LogP contribution in [0.3, 0.4) is 0 Å². The lowest BCUT2D eigenvalue weighted by molar-refractivity contribution is 0.173. The minimum Gasteiger partial charge on any atom is -0.454 e. The van der Waals surface area contributed by atoms with Crippen molar-refractivity contribution in [2.24, 2.45) is 5.92 Å². The highest BCUT2D eigenvalue weighted by atomic mass is 16.7. The first-order valence-electron chi connectivity index (χ1n) is 6.85. The molecule has 1 atom stereocenters. The molecule has 2 aliphatic rings. The lowest BCUT2D eigenvalue weighted by atomic mass is 9.88. The van der Waals surface area contributed by atoms with Gasteiger partial charge in [-0.25, -0.2) is 0 Å². The van der Waals surface area contributed by atoms with Crippen molar-refractivity contribution in [3.63, 3.8) is 0 Å². The molecule has 3 rings (SSSR count). The normalized spacial score (nSPS) is 22.2. The molecule has 1 fully saturated rings. The van der Waals surface area contributed by atoms with Crippen LogP contribution in [-0.2, 0) is 6.42 Å². The molecule has 0 bridgehead atoms. The summed E-state index contributed by atoms with van der Waals surface area (Å²) in [5.74, 6) is 2.65. The average molecular weight is 247 g/mol. The standard InChI is InChI=1S/C15H21NO2/c1-10-6-14-15(18-9-17-14)13(11(10)2)7-12-4-3-5-16-8-12/h6,12,16H,3-5,7-9H2,1-2H3. The zero-order valence-electron chi connectivity index (χ0n) is 11.2. The summed E-state index contributed by atoms with van der Waals surface area (Å²) in [6, 6.07) is 2.10. The summed E-state index contributed by atoms with van der Waals surface area (Å²) in [5.41, 5.74) is 4.03. The van der Waals surface area contributed by atoms with Crippen LogP contribution in [0.15, 0.2) is 6.07 Å². The Kier molecular flexibility index (Phi) is 3.16. The molecule has 0 spiro atoms. The van der Waals surface area contributed by atoms with E-state index in [1.54, 1.807) is 0 Å². The minimum atomic E-state index is 0.369. The summed E-state index contributed by atoms with van der Waals surface area (Å²) in [6.45, 7) is 7.01. The highest BCUT2D eigenvalue weighted by Gasteiger charge is 2.24. The number of rotatable bonds is 2. The first-order chi connectivity index (χ1) is 8.75. The van der Waals surface area contributed by atoms with E-state index in [1.807, 2.05) is 0 Å². The predicted molar refractivity (Wildman–Crippen MR) is 71.3 cm³/mol. The number of nitrogens with one attached hydrogen (secondary N) is 1. The molecule has 18 heavy (non-hydrogen) atoms. The number of piperidine rings is 1. The number of aryl methyl sites for hydroxylation is 1. The molecule has 1 saturated heterocycles. The summed E-state index contributed by atoms with van der Waals surface area (Å²) >= 11 is 0. The van der Waals surface area contributed by atoms with Gasteiger partial charge in [0.25, 0.3) is 0 Å². The summed E-state index contributed by atoms with van der Waals surface area (Å²) in [7, 11) is 0. The van der Waals surface area contributed by atoms with Crippen LogP contribution < -0.4 is 14.8 Å². The van der Waals surface area contributed by atoms with Crippen LogP contribution in [0.4, 0.5) is 0 Å². The van der Waals surface area contributed by atoms with E-state index in [1.165, 1.54) is 36.1 Å². The van der Waals surface area contributed by atoms with E-state index in [2.05, 4.69) is 25.2 Å². The van der Waals surface area contributed by atoms with E-state index in [9.17, 15) is 0 Å². The first kappa shape index (κ1) is 11.8. The maximum absolute atomic E-state index is 5.66. The van der Waals surface area contributed by atoms with Crippen LogP contribution in [0.5, 0.6) is 11.5 Å². The second-order valence-electron chi connectivity index (χ2n) is 5.45. The molecule has 0 aliphatic carbocycles. The fraction of sp³-hybridized carbons (Fsp3) is 0.600. The van der Waals surface area contributed by atoms with E-state index in [-0.39, 0.29) is 0 Å². The quantitative estimate of drug-likeness (QED) is 0.871. The van der Waals surface area contributed by atoms with Crippen molar-refractivity contribution < 1.29 is 9.47 Å². The van der Waals surface area contributed by atoms with Gasteiger partial charge in [0.15, 0.2) is 11.5 Å². The molecule has 3 heteroatoms. The third-order valence-corrected chi connectivity index (χ3v) is 4.20. The number of ether oxygens (including phenoxy) is 2. The van der Waals surface area contributed by atoms with Crippen LogP contribution >= 0.6 is 0 Å². The second kappa shape index (κ2) is 4.81. The van der Waals surface area contributed by atoms with Crippen molar-refractivity contribution in [3.05, 3.63) is 22.8 Å². The minimum absolute atomic E-state index is 0.369. The highest BCUT2D eigenvalue weighted by Crippen LogP contribution is 2.40. The number of hydrogen-bond acceptors (Lipinski definition) is 3. The van der Waals surface area contributed by atoms with E-state index in [0.29, 0.717) is 6.79 Å². The SMILES string of the molecule is Cc1cc2c(c(CC3CCCNC3)c1C)OCO2. The van der Waals surface area contributed by atoms with Gasteiger partial charge in [-0.05, 0) is 69.3 Å². The Morgan fingerprint density at radius 2 is 2.22 bits per heavy atom. The lowest BCUT2D eigenvalue weighted by Gasteiger charge is -2.24. The van der Waals surface area contributed by atoms with Crippen LogP contribution in [-0.4, -0.2) is 19.9 Å². The van der Waals surface area contributed by atoms with Gasteiger partial charge < -0.3 is 14.8 Å². The van der Waals surface area contributed by atoms with Crippen molar-refractivity contribution in [2.75, 3.05) is 19.9 Å². The summed E-state index contributed by atoms with van der Waals surface area (Å²) in [6.07, 6.45) is 3.71. The monoisotopic (exact) mass is 247 g/mol. The van der Waals surface area contributed by atoms with Gasteiger partial charge in [-0.3, -0.25) is 0 Å². The van der Waals surface area contributed by atoms with Crippen molar-refractivity contribution in [1.82, 2.24) is 5.32 Å². The van der Waals surface area contributed by atoms with Crippen LogP contribution in [0.25, 0.3) is 0 Å². The summed E-state index contributed by atoms with van der Waals surface area (Å²) in [4.78, 5) is 0. The Balaban J connectivity index is 1.90. The molecule has 0 radical (unpaired) electrons. The Labute approximate surface area is 108 Å². The number of hydrogen-bond donors (Lipinski definition) is 1. The Hall–Kier alpha value is -1.22. The Morgan fingerprint density at radius 1 is 1.33 bits per heavy atom. The van der Waals surface area contributed by atoms with E-state index >= 15 is 0 Å². The predicted octanol–water partition coefficient (Wildman–Crippen LogP) is 2.57. The molecule has 3 nitrogen and oxygen atoms in total. The zero-order chi connectivity index (χ0) is 12.5. The van der Waals surface area contributed by atoms with Gasteiger partial charge >= 0.3 is 0 Å². The molecule has 0 saturated carbocycles. The van der Waals surface area contributed by atoms with Gasteiger partial charge in [0.2, 0.25) is 6.79 Å². The fourth-order valence-electron chi connectivity index (χ4n) is 2.98. The molecule has 1 N–H and O–H groups in total. The lowest BCUT2D eigenvalue weighted by Crippen LogP contribution is -2.31. The van der Waals surface area contributed by atoms with Gasteiger partial charge in [0.05, 0.1) is 0 Å². The molecular formula is C15H21NO2.